The minimum atomic E-state index is -0.107. The number of para-hydroxylation sites is 1. The van der Waals surface area contributed by atoms with Crippen molar-refractivity contribution < 1.29 is 4.79 Å². The highest BCUT2D eigenvalue weighted by molar-refractivity contribution is 7.98. The Bertz CT molecular complexity index is 886. The van der Waals surface area contributed by atoms with Crippen LogP contribution in [0, 0.1) is 0 Å². The van der Waals surface area contributed by atoms with Gasteiger partial charge in [-0.3, -0.25) is 14.0 Å². The number of thioether (sulfide) groups is 1. The van der Waals surface area contributed by atoms with Crippen LogP contribution in [0.1, 0.15) is 12.6 Å². The Balaban J connectivity index is 1.82. The number of thiazole rings is 1. The number of nitrogens with zero attached hydrogens (tertiary/aromatic N) is 2. The maximum atomic E-state index is 11.9. The van der Waals surface area contributed by atoms with Gasteiger partial charge in [0.2, 0.25) is 5.91 Å². The topological polar surface area (TPSA) is 63.5 Å². The number of hydrogen-bond acceptors (Lipinski definition) is 5. The van der Waals surface area contributed by atoms with Gasteiger partial charge in [0.1, 0.15) is 0 Å². The molecule has 22 heavy (non-hydrogen) atoms. The monoisotopic (exact) mass is 331 g/mol. The molecule has 0 bridgehead atoms. The van der Waals surface area contributed by atoms with E-state index in [0.29, 0.717) is 10.7 Å². The molecule has 0 saturated heterocycles. The minimum Gasteiger partial charge on any atom is -0.325 e. The van der Waals surface area contributed by atoms with Crippen LogP contribution in [0.15, 0.2) is 51.6 Å². The molecule has 2 aromatic heterocycles. The van der Waals surface area contributed by atoms with E-state index in [4.69, 9.17) is 0 Å². The van der Waals surface area contributed by atoms with Gasteiger partial charge >= 0.3 is 0 Å². The van der Waals surface area contributed by atoms with Gasteiger partial charge in [0, 0.05) is 35.2 Å². The lowest BCUT2D eigenvalue weighted by Gasteiger charge is -2.09. The minimum absolute atomic E-state index is 0.0722. The summed E-state index contributed by atoms with van der Waals surface area (Å²) in [6.07, 6.45) is 1.72. The second-order valence-corrected chi connectivity index (χ2v) is 6.50. The van der Waals surface area contributed by atoms with Crippen LogP contribution >= 0.6 is 23.1 Å². The van der Waals surface area contributed by atoms with Crippen molar-refractivity contribution in [2.24, 2.45) is 0 Å². The number of carbonyl (C=O) groups is 1. The van der Waals surface area contributed by atoms with E-state index in [0.717, 1.165) is 16.3 Å². The second-order valence-electron chi connectivity index (χ2n) is 4.61. The molecule has 0 unspecified atom stereocenters. The summed E-state index contributed by atoms with van der Waals surface area (Å²) in [6.45, 7) is 1.48. The van der Waals surface area contributed by atoms with Gasteiger partial charge in [0.15, 0.2) is 4.96 Å². The molecule has 7 heteroatoms. The maximum absolute atomic E-state index is 11.9. The van der Waals surface area contributed by atoms with Crippen LogP contribution in [0.2, 0.25) is 0 Å². The van der Waals surface area contributed by atoms with Gasteiger partial charge < -0.3 is 5.32 Å². The van der Waals surface area contributed by atoms with Crippen LogP contribution in [0.25, 0.3) is 4.96 Å². The molecule has 112 valence electrons. The highest BCUT2D eigenvalue weighted by Crippen LogP contribution is 2.29. The molecule has 3 aromatic rings. The van der Waals surface area contributed by atoms with Crippen molar-refractivity contribution in [3.8, 4) is 0 Å². The van der Waals surface area contributed by atoms with E-state index in [2.05, 4.69) is 10.3 Å². The number of fused-ring (bicyclic) bond motifs is 1. The molecule has 1 amide bonds. The Morgan fingerprint density at radius 3 is 3.05 bits per heavy atom. The highest BCUT2D eigenvalue weighted by Gasteiger charge is 2.07. The quantitative estimate of drug-likeness (QED) is 0.747. The Labute approximate surface area is 135 Å². The number of nitrogens with one attached hydrogen (secondary N) is 1. The zero-order valence-electron chi connectivity index (χ0n) is 11.8. The molecule has 0 aliphatic rings. The van der Waals surface area contributed by atoms with Gasteiger partial charge in [-0.15, -0.1) is 23.1 Å². The third-order valence-corrected chi connectivity index (χ3v) is 4.79. The normalized spacial score (nSPS) is 10.8. The lowest BCUT2D eigenvalue weighted by atomic mass is 10.3. The molecule has 0 fully saturated rings. The number of aromatic nitrogens is 2. The molecular weight excluding hydrogens is 318 g/mol. The lowest BCUT2D eigenvalue weighted by molar-refractivity contribution is -0.114. The number of benzene rings is 1. The maximum Gasteiger partial charge on any atom is 0.258 e. The van der Waals surface area contributed by atoms with Gasteiger partial charge in [0.25, 0.3) is 5.56 Å². The van der Waals surface area contributed by atoms with E-state index in [-0.39, 0.29) is 11.5 Å². The fourth-order valence-electron chi connectivity index (χ4n) is 2.00. The Hall–Kier alpha value is -2.12. The summed E-state index contributed by atoms with van der Waals surface area (Å²) in [4.78, 5) is 29.3. The molecule has 3 rings (SSSR count). The van der Waals surface area contributed by atoms with Crippen molar-refractivity contribution in [3.63, 3.8) is 0 Å². The molecule has 0 atom stereocenters. The van der Waals surface area contributed by atoms with Gasteiger partial charge in [-0.05, 0) is 12.1 Å². The molecule has 1 N–H and O–H groups in total. The highest BCUT2D eigenvalue weighted by atomic mass is 32.2. The molecule has 0 saturated carbocycles. The van der Waals surface area contributed by atoms with Crippen LogP contribution in [-0.4, -0.2) is 15.3 Å². The largest absolute Gasteiger partial charge is 0.325 e. The van der Waals surface area contributed by atoms with Crippen molar-refractivity contribution in [3.05, 3.63) is 58.0 Å². The third-order valence-electron chi connectivity index (χ3n) is 2.93. The number of carbonyl (C=O) groups excluding carboxylic acids is 1. The summed E-state index contributed by atoms with van der Waals surface area (Å²) >= 11 is 2.98. The van der Waals surface area contributed by atoms with Gasteiger partial charge in [0.05, 0.1) is 11.4 Å². The Kier molecular flexibility index (Phi) is 4.26. The van der Waals surface area contributed by atoms with Crippen LogP contribution in [-0.2, 0) is 10.5 Å². The fraction of sp³-hybridized carbons (Fsp3) is 0.133. The van der Waals surface area contributed by atoms with Crippen molar-refractivity contribution in [2.45, 2.75) is 17.6 Å². The molecule has 5 nitrogen and oxygen atoms in total. The van der Waals surface area contributed by atoms with E-state index < -0.39 is 0 Å². The first kappa shape index (κ1) is 14.8. The Morgan fingerprint density at radius 2 is 2.23 bits per heavy atom. The van der Waals surface area contributed by atoms with Crippen LogP contribution in [0.5, 0.6) is 0 Å². The fourth-order valence-corrected chi connectivity index (χ4v) is 3.64. The average Bonchev–Trinajstić information content (AvgIpc) is 2.95. The first-order chi connectivity index (χ1) is 10.6. The van der Waals surface area contributed by atoms with Crippen molar-refractivity contribution in [1.29, 1.82) is 0 Å². The molecule has 0 aliphatic carbocycles. The van der Waals surface area contributed by atoms with Crippen LogP contribution in [0.4, 0.5) is 5.69 Å². The van der Waals surface area contributed by atoms with E-state index in [1.807, 2.05) is 29.6 Å². The molecule has 0 spiro atoms. The predicted molar refractivity (Wildman–Crippen MR) is 89.6 cm³/mol. The average molecular weight is 331 g/mol. The number of hydrogen-bond donors (Lipinski definition) is 1. The predicted octanol–water partition coefficient (Wildman–Crippen LogP) is 3.01. The summed E-state index contributed by atoms with van der Waals surface area (Å²) < 4.78 is 1.53. The third kappa shape index (κ3) is 3.20. The second kappa shape index (κ2) is 6.33. The van der Waals surface area contributed by atoms with E-state index in [1.54, 1.807) is 24.0 Å². The SMILES string of the molecule is CC(=O)Nc1ccccc1SCc1cc(=O)n2ccsc2n1. The summed E-state index contributed by atoms with van der Waals surface area (Å²) in [6, 6.07) is 9.13. The van der Waals surface area contributed by atoms with Crippen molar-refractivity contribution in [2.75, 3.05) is 5.32 Å². The molecule has 2 heterocycles. The van der Waals surface area contributed by atoms with Crippen molar-refractivity contribution >= 4 is 39.7 Å². The van der Waals surface area contributed by atoms with Gasteiger partial charge in [-0.25, -0.2) is 4.98 Å². The molecular formula is C15H13N3O2S2. The van der Waals surface area contributed by atoms with Gasteiger partial charge in [-0.1, -0.05) is 12.1 Å². The number of anilines is 1. The zero-order chi connectivity index (χ0) is 15.5. The Morgan fingerprint density at radius 1 is 1.41 bits per heavy atom. The van der Waals surface area contributed by atoms with E-state index in [9.17, 15) is 9.59 Å². The standard InChI is InChI=1S/C15H13N3O2S2/c1-10(19)16-12-4-2-3-5-13(12)22-9-11-8-14(20)18-6-7-21-15(18)17-11/h2-8H,9H2,1H3,(H,16,19). The van der Waals surface area contributed by atoms with Gasteiger partial charge in [-0.2, -0.15) is 0 Å². The molecule has 0 radical (unpaired) electrons. The number of amides is 1. The zero-order valence-corrected chi connectivity index (χ0v) is 13.4. The number of rotatable bonds is 4. The van der Waals surface area contributed by atoms with E-state index >= 15 is 0 Å². The van der Waals surface area contributed by atoms with Crippen molar-refractivity contribution in [1.82, 2.24) is 9.38 Å². The summed E-state index contributed by atoms with van der Waals surface area (Å²) in [5.74, 6) is 0.463. The molecule has 1 aromatic carbocycles. The first-order valence-electron chi connectivity index (χ1n) is 6.59. The summed E-state index contributed by atoms with van der Waals surface area (Å²) in [5, 5.41) is 4.64. The van der Waals surface area contributed by atoms with Crippen LogP contribution < -0.4 is 10.9 Å². The summed E-state index contributed by atoms with van der Waals surface area (Å²) in [5.41, 5.74) is 1.43. The van der Waals surface area contributed by atoms with E-state index in [1.165, 1.54) is 22.7 Å². The lowest BCUT2D eigenvalue weighted by Crippen LogP contribution is -2.12. The molecule has 0 aliphatic heterocycles. The first-order valence-corrected chi connectivity index (χ1v) is 8.45. The summed E-state index contributed by atoms with van der Waals surface area (Å²) in [7, 11) is 0. The van der Waals surface area contributed by atoms with Crippen LogP contribution in [0.3, 0.4) is 0 Å². The smallest absolute Gasteiger partial charge is 0.258 e.